The third-order valence-electron chi connectivity index (χ3n) is 5.30. The van der Waals surface area contributed by atoms with E-state index in [2.05, 4.69) is 38.3 Å². The maximum Gasteiger partial charge on any atom is 0.221 e. The Morgan fingerprint density at radius 3 is 2.96 bits per heavy atom. The molecule has 0 spiro atoms. The van der Waals surface area contributed by atoms with E-state index in [4.69, 9.17) is 8.83 Å². The number of hydrogen-bond donors (Lipinski definition) is 1. The molecule has 0 aliphatic carbocycles. The first-order chi connectivity index (χ1) is 13.2. The van der Waals surface area contributed by atoms with Crippen molar-refractivity contribution in [1.82, 2.24) is 20.1 Å². The van der Waals surface area contributed by atoms with E-state index in [-0.39, 0.29) is 0 Å². The van der Waals surface area contributed by atoms with Gasteiger partial charge < -0.3 is 13.8 Å². The lowest BCUT2D eigenvalue weighted by atomic mass is 10.1. The summed E-state index contributed by atoms with van der Waals surface area (Å²) in [5.41, 5.74) is 2.31. The number of nitrogens with one attached hydrogen (secondary N) is 1. The molecule has 6 nitrogen and oxygen atoms in total. The lowest BCUT2D eigenvalue weighted by Gasteiger charge is -2.12. The van der Waals surface area contributed by atoms with E-state index < -0.39 is 0 Å². The fourth-order valence-corrected chi connectivity index (χ4v) is 3.91. The third-order valence-corrected chi connectivity index (χ3v) is 5.30. The first-order valence-corrected chi connectivity index (χ1v) is 9.39. The van der Waals surface area contributed by atoms with Gasteiger partial charge in [0.25, 0.3) is 0 Å². The van der Waals surface area contributed by atoms with E-state index in [1.54, 1.807) is 0 Å². The van der Waals surface area contributed by atoms with Crippen LogP contribution >= 0.6 is 0 Å². The van der Waals surface area contributed by atoms with E-state index >= 15 is 0 Å². The van der Waals surface area contributed by atoms with Gasteiger partial charge in [-0.1, -0.05) is 18.2 Å². The van der Waals surface area contributed by atoms with Crippen LogP contribution in [0.4, 0.5) is 0 Å². The zero-order valence-corrected chi connectivity index (χ0v) is 15.3. The SMILES string of the molecule is Cc1ccc(CN2CC[C@H](c3nnc(Cc4c[nH]c5ccccc45)o3)C2)o1. The summed E-state index contributed by atoms with van der Waals surface area (Å²) in [6.07, 6.45) is 3.71. The van der Waals surface area contributed by atoms with Gasteiger partial charge in [-0.3, -0.25) is 4.90 Å². The van der Waals surface area contributed by atoms with Gasteiger partial charge >= 0.3 is 0 Å². The predicted molar refractivity (Wildman–Crippen MR) is 101 cm³/mol. The molecule has 0 unspecified atom stereocenters. The number of furan rings is 1. The minimum absolute atomic E-state index is 0.297. The second-order valence-electron chi connectivity index (χ2n) is 7.30. The maximum atomic E-state index is 6.01. The highest BCUT2D eigenvalue weighted by molar-refractivity contribution is 5.83. The van der Waals surface area contributed by atoms with E-state index in [1.807, 2.05) is 31.3 Å². The van der Waals surface area contributed by atoms with Crippen molar-refractivity contribution in [2.45, 2.75) is 32.2 Å². The zero-order chi connectivity index (χ0) is 18.2. The Morgan fingerprint density at radius 2 is 2.07 bits per heavy atom. The van der Waals surface area contributed by atoms with Crippen molar-refractivity contribution in [3.8, 4) is 0 Å². The number of aromatic amines is 1. The van der Waals surface area contributed by atoms with Crippen LogP contribution in [0, 0.1) is 6.92 Å². The molecule has 0 bridgehead atoms. The van der Waals surface area contributed by atoms with Crippen molar-refractivity contribution in [1.29, 1.82) is 0 Å². The van der Waals surface area contributed by atoms with Gasteiger partial charge in [0.2, 0.25) is 11.8 Å². The number of hydrogen-bond acceptors (Lipinski definition) is 5. The van der Waals surface area contributed by atoms with Crippen molar-refractivity contribution in [3.63, 3.8) is 0 Å². The Balaban J connectivity index is 1.25. The first kappa shape index (κ1) is 16.3. The highest BCUT2D eigenvalue weighted by atomic mass is 16.4. The number of benzene rings is 1. The van der Waals surface area contributed by atoms with Gasteiger partial charge in [-0.25, -0.2) is 0 Å². The Morgan fingerprint density at radius 1 is 1.15 bits per heavy atom. The molecule has 1 fully saturated rings. The second kappa shape index (κ2) is 6.70. The van der Waals surface area contributed by atoms with Crippen molar-refractivity contribution < 1.29 is 8.83 Å². The monoisotopic (exact) mass is 362 g/mol. The van der Waals surface area contributed by atoms with Crippen molar-refractivity contribution in [3.05, 3.63) is 71.5 Å². The summed E-state index contributed by atoms with van der Waals surface area (Å²) in [6.45, 7) is 4.75. The molecule has 4 heterocycles. The quantitative estimate of drug-likeness (QED) is 0.580. The molecule has 1 aliphatic heterocycles. The molecular weight excluding hydrogens is 340 g/mol. The molecule has 6 heteroatoms. The van der Waals surface area contributed by atoms with Crippen LogP contribution in [0.5, 0.6) is 0 Å². The summed E-state index contributed by atoms with van der Waals surface area (Å²) in [7, 11) is 0. The summed E-state index contributed by atoms with van der Waals surface area (Å²) in [6, 6.07) is 12.3. The molecule has 0 saturated carbocycles. The molecule has 0 amide bonds. The molecule has 1 saturated heterocycles. The fourth-order valence-electron chi connectivity index (χ4n) is 3.91. The van der Waals surface area contributed by atoms with Crippen LogP contribution in [-0.4, -0.2) is 33.2 Å². The molecule has 1 N–H and O–H groups in total. The van der Waals surface area contributed by atoms with E-state index in [9.17, 15) is 0 Å². The molecule has 5 rings (SSSR count). The lowest BCUT2D eigenvalue weighted by molar-refractivity contribution is 0.286. The van der Waals surface area contributed by atoms with Gasteiger partial charge in [-0.2, -0.15) is 0 Å². The summed E-state index contributed by atoms with van der Waals surface area (Å²) in [5.74, 6) is 3.70. The smallest absolute Gasteiger partial charge is 0.221 e. The van der Waals surface area contributed by atoms with Crippen LogP contribution in [-0.2, 0) is 13.0 Å². The molecule has 1 aromatic carbocycles. The molecule has 4 aromatic rings. The largest absolute Gasteiger partial charge is 0.465 e. The minimum Gasteiger partial charge on any atom is -0.465 e. The average molecular weight is 362 g/mol. The van der Waals surface area contributed by atoms with Crippen molar-refractivity contribution >= 4 is 10.9 Å². The number of nitrogens with zero attached hydrogens (tertiary/aromatic N) is 3. The number of aryl methyl sites for hydroxylation is 1. The molecule has 0 radical (unpaired) electrons. The molecule has 1 aliphatic rings. The number of rotatable bonds is 5. The standard InChI is InChI=1S/C21H22N4O2/c1-14-6-7-17(26-14)13-25-9-8-15(12-25)21-24-23-20(27-21)10-16-11-22-19-5-3-2-4-18(16)19/h2-7,11,15,22H,8-10,12-13H2,1H3/t15-/m0/s1. The number of para-hydroxylation sites is 1. The Bertz CT molecular complexity index is 1060. The Kier molecular flexibility index (Phi) is 4.05. The number of fused-ring (bicyclic) bond motifs is 1. The molecule has 1 atom stereocenters. The first-order valence-electron chi connectivity index (χ1n) is 9.39. The van der Waals surface area contributed by atoms with Gasteiger partial charge in [-0.15, -0.1) is 10.2 Å². The van der Waals surface area contributed by atoms with Crippen LogP contribution in [0.3, 0.4) is 0 Å². The summed E-state index contributed by atoms with van der Waals surface area (Å²) >= 11 is 0. The molecule has 27 heavy (non-hydrogen) atoms. The predicted octanol–water partition coefficient (Wildman–Crippen LogP) is 4.03. The van der Waals surface area contributed by atoms with Crippen LogP contribution in [0.2, 0.25) is 0 Å². The van der Waals surface area contributed by atoms with E-state index in [1.165, 1.54) is 10.9 Å². The zero-order valence-electron chi connectivity index (χ0n) is 15.3. The minimum atomic E-state index is 0.297. The van der Waals surface area contributed by atoms with Gasteiger partial charge in [0, 0.05) is 23.6 Å². The number of likely N-dealkylation sites (tertiary alicyclic amines) is 1. The maximum absolute atomic E-state index is 6.01. The summed E-state index contributed by atoms with van der Waals surface area (Å²) < 4.78 is 11.7. The second-order valence-corrected chi connectivity index (χ2v) is 7.30. The highest BCUT2D eigenvalue weighted by Gasteiger charge is 2.28. The highest BCUT2D eigenvalue weighted by Crippen LogP contribution is 2.28. The fraction of sp³-hybridized carbons (Fsp3) is 0.333. The molecule has 138 valence electrons. The van der Waals surface area contributed by atoms with Gasteiger partial charge in [0.05, 0.1) is 18.9 Å². The number of aromatic nitrogens is 3. The molecular formula is C21H22N4O2. The summed E-state index contributed by atoms with van der Waals surface area (Å²) in [4.78, 5) is 5.68. The van der Waals surface area contributed by atoms with E-state index in [0.717, 1.165) is 49.0 Å². The van der Waals surface area contributed by atoms with E-state index in [0.29, 0.717) is 18.2 Å². The van der Waals surface area contributed by atoms with Crippen LogP contribution in [0.15, 0.2) is 51.4 Å². The van der Waals surface area contributed by atoms with Crippen molar-refractivity contribution in [2.24, 2.45) is 0 Å². The Hall–Kier alpha value is -2.86. The average Bonchev–Trinajstić information content (AvgIpc) is 3.44. The number of H-pyrrole nitrogens is 1. The van der Waals surface area contributed by atoms with Crippen LogP contribution < -0.4 is 0 Å². The van der Waals surface area contributed by atoms with Crippen LogP contribution in [0.25, 0.3) is 10.9 Å². The topological polar surface area (TPSA) is 71.1 Å². The Labute approximate surface area is 157 Å². The van der Waals surface area contributed by atoms with Gasteiger partial charge in [-0.05, 0) is 43.7 Å². The van der Waals surface area contributed by atoms with Crippen molar-refractivity contribution in [2.75, 3.05) is 13.1 Å². The van der Waals surface area contributed by atoms with Gasteiger partial charge in [0.1, 0.15) is 11.5 Å². The van der Waals surface area contributed by atoms with Crippen LogP contribution in [0.1, 0.15) is 41.2 Å². The third kappa shape index (κ3) is 3.28. The van der Waals surface area contributed by atoms with Gasteiger partial charge in [0.15, 0.2) is 0 Å². The molecule has 3 aromatic heterocycles. The normalized spacial score (nSPS) is 17.9. The summed E-state index contributed by atoms with van der Waals surface area (Å²) in [5, 5.41) is 9.82. The lowest BCUT2D eigenvalue weighted by Crippen LogP contribution is -2.19.